The predicted molar refractivity (Wildman–Crippen MR) is 81.5 cm³/mol. The Hall–Kier alpha value is -1.58. The Morgan fingerprint density at radius 1 is 1.30 bits per heavy atom. The first kappa shape index (κ1) is 14.8. The lowest BCUT2D eigenvalue weighted by Gasteiger charge is -2.16. The zero-order chi connectivity index (χ0) is 14.2. The van der Waals surface area contributed by atoms with Gasteiger partial charge in [-0.2, -0.15) is 0 Å². The zero-order valence-electron chi connectivity index (χ0n) is 12.2. The van der Waals surface area contributed by atoms with Gasteiger partial charge in [0.15, 0.2) is 5.96 Å². The van der Waals surface area contributed by atoms with Crippen LogP contribution >= 0.6 is 0 Å². The Kier molecular flexibility index (Phi) is 5.84. The molecule has 1 aromatic rings. The van der Waals surface area contributed by atoms with Crippen LogP contribution in [0.25, 0.3) is 0 Å². The van der Waals surface area contributed by atoms with Crippen molar-refractivity contribution >= 4 is 5.96 Å². The predicted octanol–water partition coefficient (Wildman–Crippen LogP) is 2.87. The van der Waals surface area contributed by atoms with Crippen molar-refractivity contribution in [3.63, 3.8) is 0 Å². The Bertz CT molecular complexity index is 439. The number of guanidine groups is 1. The first-order valence-electron chi connectivity index (χ1n) is 7.58. The molecule has 3 nitrogen and oxygen atoms in total. The van der Waals surface area contributed by atoms with Crippen LogP contribution in [0.15, 0.2) is 29.3 Å². The molecule has 1 saturated carbocycles. The molecule has 0 heterocycles. The molecular weight excluding hydrogens is 253 g/mol. The highest BCUT2D eigenvalue weighted by atomic mass is 19.1. The van der Waals surface area contributed by atoms with E-state index < -0.39 is 0 Å². The van der Waals surface area contributed by atoms with E-state index in [0.717, 1.165) is 18.1 Å². The van der Waals surface area contributed by atoms with Gasteiger partial charge in [0, 0.05) is 19.1 Å². The second kappa shape index (κ2) is 7.88. The maximum absolute atomic E-state index is 13.5. The van der Waals surface area contributed by atoms with E-state index in [1.165, 1.54) is 31.7 Å². The third-order valence-electron chi connectivity index (χ3n) is 3.65. The molecular formula is C16H24FN3. The monoisotopic (exact) mass is 277 g/mol. The summed E-state index contributed by atoms with van der Waals surface area (Å²) in [4.78, 5) is 4.54. The number of hydrogen-bond acceptors (Lipinski definition) is 1. The first-order chi connectivity index (χ1) is 9.79. The highest BCUT2D eigenvalue weighted by molar-refractivity contribution is 5.80. The number of aliphatic imine (C=N–C) groups is 1. The number of hydrogen-bond donors (Lipinski definition) is 2. The molecule has 0 aliphatic heterocycles. The lowest BCUT2D eigenvalue weighted by molar-refractivity contribution is 0.605. The average molecular weight is 277 g/mol. The molecule has 0 amide bonds. The zero-order valence-corrected chi connectivity index (χ0v) is 12.2. The number of nitrogens with zero attached hydrogens (tertiary/aromatic N) is 1. The van der Waals surface area contributed by atoms with E-state index in [1.54, 1.807) is 6.07 Å². The third kappa shape index (κ3) is 4.51. The summed E-state index contributed by atoms with van der Waals surface area (Å²) in [6.07, 6.45) is 5.67. The van der Waals surface area contributed by atoms with Crippen molar-refractivity contribution in [3.8, 4) is 0 Å². The molecule has 0 radical (unpaired) electrons. The summed E-state index contributed by atoms with van der Waals surface area (Å²) in [6.45, 7) is 3.50. The van der Waals surface area contributed by atoms with Crippen LogP contribution in [0.3, 0.4) is 0 Å². The third-order valence-corrected chi connectivity index (χ3v) is 3.65. The minimum Gasteiger partial charge on any atom is -0.357 e. The van der Waals surface area contributed by atoms with Gasteiger partial charge in [0.25, 0.3) is 0 Å². The smallest absolute Gasteiger partial charge is 0.191 e. The summed E-state index contributed by atoms with van der Waals surface area (Å²) < 4.78 is 13.5. The van der Waals surface area contributed by atoms with Gasteiger partial charge in [0.05, 0.1) is 0 Å². The van der Waals surface area contributed by atoms with E-state index in [1.807, 2.05) is 12.1 Å². The summed E-state index contributed by atoms with van der Waals surface area (Å²) >= 11 is 0. The minimum absolute atomic E-state index is 0.142. The summed E-state index contributed by atoms with van der Waals surface area (Å²) in [5, 5.41) is 6.72. The lowest BCUT2D eigenvalue weighted by atomic mass is 10.1. The van der Waals surface area contributed by atoms with Gasteiger partial charge in [-0.15, -0.1) is 0 Å². The Morgan fingerprint density at radius 2 is 2.05 bits per heavy atom. The maximum atomic E-state index is 13.5. The molecule has 1 fully saturated rings. The Labute approximate surface area is 120 Å². The largest absolute Gasteiger partial charge is 0.357 e. The van der Waals surface area contributed by atoms with Gasteiger partial charge in [-0.1, -0.05) is 31.0 Å². The molecule has 20 heavy (non-hydrogen) atoms. The van der Waals surface area contributed by atoms with Crippen molar-refractivity contribution in [2.24, 2.45) is 4.99 Å². The van der Waals surface area contributed by atoms with Crippen molar-refractivity contribution in [1.29, 1.82) is 0 Å². The van der Waals surface area contributed by atoms with Crippen LogP contribution in [0.5, 0.6) is 0 Å². The van der Waals surface area contributed by atoms with Gasteiger partial charge in [-0.25, -0.2) is 4.39 Å². The summed E-state index contributed by atoms with van der Waals surface area (Å²) in [7, 11) is 0. The van der Waals surface area contributed by atoms with Crippen LogP contribution in [0.1, 0.15) is 38.2 Å². The summed E-state index contributed by atoms with van der Waals surface area (Å²) in [6, 6.07) is 7.45. The number of benzene rings is 1. The molecule has 2 N–H and O–H groups in total. The molecule has 1 aromatic carbocycles. The average Bonchev–Trinajstić information content (AvgIpc) is 2.94. The highest BCUT2D eigenvalue weighted by Gasteiger charge is 2.15. The van der Waals surface area contributed by atoms with Crippen molar-refractivity contribution in [2.45, 2.75) is 45.1 Å². The number of nitrogens with one attached hydrogen (secondary N) is 2. The molecule has 0 atom stereocenters. The van der Waals surface area contributed by atoms with Crippen LogP contribution in [-0.4, -0.2) is 25.1 Å². The van der Waals surface area contributed by atoms with E-state index in [2.05, 4.69) is 22.5 Å². The quantitative estimate of drug-likeness (QED) is 0.641. The Morgan fingerprint density at radius 3 is 2.75 bits per heavy atom. The maximum Gasteiger partial charge on any atom is 0.191 e. The van der Waals surface area contributed by atoms with Crippen LogP contribution in [0.4, 0.5) is 4.39 Å². The van der Waals surface area contributed by atoms with Crippen molar-refractivity contribution in [3.05, 3.63) is 35.6 Å². The molecule has 1 aliphatic carbocycles. The van der Waals surface area contributed by atoms with Crippen LogP contribution in [0.2, 0.25) is 0 Å². The standard InChI is InChI=1S/C16H24FN3/c1-2-18-16(20-14-8-4-5-9-14)19-12-11-13-7-3-6-10-15(13)17/h3,6-7,10,14H,2,4-5,8-9,11-12H2,1H3,(H2,18,19,20). The van der Waals surface area contributed by atoms with Gasteiger partial charge < -0.3 is 10.6 Å². The number of rotatable bonds is 5. The lowest BCUT2D eigenvalue weighted by Crippen LogP contribution is -2.42. The fourth-order valence-electron chi connectivity index (χ4n) is 2.57. The normalized spacial score (nSPS) is 16.4. The Balaban J connectivity index is 1.86. The van der Waals surface area contributed by atoms with Gasteiger partial charge in [-0.05, 0) is 37.8 Å². The molecule has 0 spiro atoms. The molecule has 4 heteroatoms. The molecule has 0 unspecified atom stereocenters. The molecule has 2 rings (SSSR count). The minimum atomic E-state index is -0.142. The van der Waals surface area contributed by atoms with Gasteiger partial charge in [-0.3, -0.25) is 4.99 Å². The summed E-state index contributed by atoms with van der Waals surface area (Å²) in [5.41, 5.74) is 0.730. The fourth-order valence-corrected chi connectivity index (χ4v) is 2.57. The van der Waals surface area contributed by atoms with Crippen LogP contribution in [0, 0.1) is 5.82 Å². The van der Waals surface area contributed by atoms with Gasteiger partial charge in [0.2, 0.25) is 0 Å². The topological polar surface area (TPSA) is 36.4 Å². The SMILES string of the molecule is CCNC(=NCCc1ccccc1F)NC1CCCC1. The van der Waals surface area contributed by atoms with Crippen LogP contribution in [-0.2, 0) is 6.42 Å². The second-order valence-corrected chi connectivity index (χ2v) is 5.23. The molecule has 0 saturated heterocycles. The van der Waals surface area contributed by atoms with Gasteiger partial charge >= 0.3 is 0 Å². The highest BCUT2D eigenvalue weighted by Crippen LogP contribution is 2.17. The second-order valence-electron chi connectivity index (χ2n) is 5.23. The molecule has 0 bridgehead atoms. The van der Waals surface area contributed by atoms with E-state index in [0.29, 0.717) is 19.0 Å². The molecule has 1 aliphatic rings. The van der Waals surface area contributed by atoms with Crippen molar-refractivity contribution in [2.75, 3.05) is 13.1 Å². The van der Waals surface area contributed by atoms with E-state index >= 15 is 0 Å². The van der Waals surface area contributed by atoms with E-state index in [4.69, 9.17) is 0 Å². The van der Waals surface area contributed by atoms with Crippen molar-refractivity contribution < 1.29 is 4.39 Å². The molecule has 0 aromatic heterocycles. The summed E-state index contributed by atoms with van der Waals surface area (Å²) in [5.74, 6) is 0.715. The number of halogens is 1. The van der Waals surface area contributed by atoms with Crippen molar-refractivity contribution in [1.82, 2.24) is 10.6 Å². The molecule has 110 valence electrons. The first-order valence-corrected chi connectivity index (χ1v) is 7.58. The van der Waals surface area contributed by atoms with Crippen LogP contribution < -0.4 is 10.6 Å². The van der Waals surface area contributed by atoms with E-state index in [-0.39, 0.29) is 5.82 Å². The van der Waals surface area contributed by atoms with Gasteiger partial charge in [0.1, 0.15) is 5.82 Å². The fraction of sp³-hybridized carbons (Fsp3) is 0.562. The van der Waals surface area contributed by atoms with E-state index in [9.17, 15) is 4.39 Å².